The number of unbranched alkanes of at least 4 members (excludes halogenated alkanes) is 2. The second kappa shape index (κ2) is 7.09. The number of nitrogens with zero attached hydrogens (tertiary/aromatic N) is 3. The first-order valence-electron chi connectivity index (χ1n) is 8.40. The summed E-state index contributed by atoms with van der Waals surface area (Å²) < 4.78 is 30.5. The summed E-state index contributed by atoms with van der Waals surface area (Å²) in [6.07, 6.45) is 6.68. The molecule has 0 aliphatic heterocycles. The summed E-state index contributed by atoms with van der Waals surface area (Å²) >= 11 is 0. The van der Waals surface area contributed by atoms with Crippen LogP contribution in [0.25, 0.3) is 16.9 Å². The molecule has 0 saturated carbocycles. The zero-order valence-corrected chi connectivity index (χ0v) is 14.3. The first-order chi connectivity index (χ1) is 12.0. The van der Waals surface area contributed by atoms with Gasteiger partial charge in [-0.1, -0.05) is 25.8 Å². The number of nitrogens with one attached hydrogen (secondary N) is 1. The van der Waals surface area contributed by atoms with E-state index in [9.17, 15) is 8.78 Å². The maximum Gasteiger partial charge on any atom is 0.234 e. The van der Waals surface area contributed by atoms with E-state index >= 15 is 0 Å². The van der Waals surface area contributed by atoms with Gasteiger partial charge in [-0.25, -0.2) is 18.7 Å². The minimum absolute atomic E-state index is 0.140. The predicted octanol–water partition coefficient (Wildman–Crippen LogP) is 4.93. The third kappa shape index (κ3) is 3.16. The summed E-state index contributed by atoms with van der Waals surface area (Å²) in [5, 5.41) is 8.54. The normalized spacial score (nSPS) is 11.2. The molecule has 2 heterocycles. The molecule has 1 aromatic carbocycles. The highest BCUT2D eigenvalue weighted by molar-refractivity contribution is 6.03. The van der Waals surface area contributed by atoms with Crippen molar-refractivity contribution in [1.82, 2.24) is 14.4 Å². The monoisotopic (exact) mass is 342 g/mol. The molecule has 25 heavy (non-hydrogen) atoms. The highest BCUT2D eigenvalue weighted by atomic mass is 19.1. The summed E-state index contributed by atoms with van der Waals surface area (Å²) in [6, 6.07) is 3.78. The van der Waals surface area contributed by atoms with Gasteiger partial charge in [0.25, 0.3) is 0 Å². The summed E-state index contributed by atoms with van der Waals surface area (Å²) in [6.45, 7) is 3.78. The van der Waals surface area contributed by atoms with E-state index in [-0.39, 0.29) is 5.56 Å². The molecule has 0 aliphatic carbocycles. The Bertz CT molecular complexity index is 910. The number of imidazole rings is 1. The van der Waals surface area contributed by atoms with Crippen LogP contribution in [-0.2, 0) is 0 Å². The summed E-state index contributed by atoms with van der Waals surface area (Å²) in [4.78, 5) is 8.52. The van der Waals surface area contributed by atoms with E-state index in [1.807, 2.05) is 0 Å². The first-order valence-corrected chi connectivity index (χ1v) is 8.40. The predicted molar refractivity (Wildman–Crippen MR) is 94.0 cm³/mol. The minimum atomic E-state index is -0.660. The lowest BCUT2D eigenvalue weighted by Gasteiger charge is -2.16. The SMILES string of the molecule is CCCCCC(=N)c1c(-c2c(F)cccc2F)c(C)nc2nccn12. The molecule has 0 aliphatic rings. The van der Waals surface area contributed by atoms with Crippen LogP contribution in [0.5, 0.6) is 0 Å². The van der Waals surface area contributed by atoms with E-state index in [1.54, 1.807) is 23.7 Å². The van der Waals surface area contributed by atoms with Crippen molar-refractivity contribution in [2.24, 2.45) is 0 Å². The zero-order chi connectivity index (χ0) is 18.0. The van der Waals surface area contributed by atoms with Crippen LogP contribution in [-0.4, -0.2) is 20.1 Å². The lowest BCUT2D eigenvalue weighted by atomic mass is 9.96. The van der Waals surface area contributed by atoms with E-state index in [0.29, 0.717) is 34.9 Å². The topological polar surface area (TPSA) is 54.0 Å². The maximum absolute atomic E-state index is 14.4. The van der Waals surface area contributed by atoms with Gasteiger partial charge in [0.1, 0.15) is 11.6 Å². The van der Waals surface area contributed by atoms with Crippen molar-refractivity contribution < 1.29 is 8.78 Å². The summed E-state index contributed by atoms with van der Waals surface area (Å²) in [5.41, 5.74) is 1.43. The van der Waals surface area contributed by atoms with E-state index in [4.69, 9.17) is 5.41 Å². The number of rotatable bonds is 6. The van der Waals surface area contributed by atoms with Gasteiger partial charge >= 0.3 is 0 Å². The van der Waals surface area contributed by atoms with Gasteiger partial charge in [-0.2, -0.15) is 0 Å². The minimum Gasteiger partial charge on any atom is -0.303 e. The lowest BCUT2D eigenvalue weighted by Crippen LogP contribution is -2.13. The quantitative estimate of drug-likeness (QED) is 0.510. The Kier molecular flexibility index (Phi) is 4.88. The van der Waals surface area contributed by atoms with Crippen LogP contribution in [0.4, 0.5) is 8.78 Å². The molecular formula is C19H20F2N4. The molecular weight excluding hydrogens is 322 g/mol. The van der Waals surface area contributed by atoms with Gasteiger partial charge in [-0.3, -0.25) is 4.40 Å². The van der Waals surface area contributed by atoms with Gasteiger partial charge in [0, 0.05) is 18.0 Å². The molecule has 130 valence electrons. The number of fused-ring (bicyclic) bond motifs is 1. The molecule has 0 unspecified atom stereocenters. The van der Waals surface area contributed by atoms with E-state index < -0.39 is 11.6 Å². The summed E-state index contributed by atoms with van der Waals surface area (Å²) in [5.74, 6) is -0.896. The number of benzene rings is 1. The molecule has 3 rings (SSSR count). The number of aromatic nitrogens is 3. The van der Waals surface area contributed by atoms with Crippen LogP contribution in [0.3, 0.4) is 0 Å². The van der Waals surface area contributed by atoms with Crippen molar-refractivity contribution in [2.75, 3.05) is 0 Å². The lowest BCUT2D eigenvalue weighted by molar-refractivity contribution is 0.589. The average molecular weight is 342 g/mol. The van der Waals surface area contributed by atoms with Crippen molar-refractivity contribution in [3.8, 4) is 11.1 Å². The van der Waals surface area contributed by atoms with Gasteiger partial charge < -0.3 is 5.41 Å². The Balaban J connectivity index is 2.25. The molecule has 0 fully saturated rings. The number of hydrogen-bond acceptors (Lipinski definition) is 3. The van der Waals surface area contributed by atoms with Crippen LogP contribution >= 0.6 is 0 Å². The fourth-order valence-corrected chi connectivity index (χ4v) is 3.05. The fourth-order valence-electron chi connectivity index (χ4n) is 3.05. The average Bonchev–Trinajstić information content (AvgIpc) is 3.02. The van der Waals surface area contributed by atoms with Crippen LogP contribution in [0.2, 0.25) is 0 Å². The maximum atomic E-state index is 14.4. The number of hydrogen-bond donors (Lipinski definition) is 1. The van der Waals surface area contributed by atoms with E-state index in [2.05, 4.69) is 16.9 Å². The highest BCUT2D eigenvalue weighted by Gasteiger charge is 2.23. The summed E-state index contributed by atoms with van der Waals surface area (Å²) in [7, 11) is 0. The standard InChI is InChI=1S/C19H20F2N4/c1-3-4-5-9-15(22)18-16(17-13(20)7-6-8-14(17)21)12(2)24-19-23-10-11-25(18)19/h6-8,10-11,22H,3-5,9H2,1-2H3. The molecule has 2 aromatic heterocycles. The molecule has 1 N–H and O–H groups in total. The van der Waals surface area contributed by atoms with Crippen LogP contribution in [0.1, 0.15) is 44.0 Å². The zero-order valence-electron chi connectivity index (χ0n) is 14.3. The van der Waals surface area contributed by atoms with E-state index in [0.717, 1.165) is 19.3 Å². The third-order valence-electron chi connectivity index (χ3n) is 4.26. The van der Waals surface area contributed by atoms with Crippen molar-refractivity contribution in [3.63, 3.8) is 0 Å². The Morgan fingerprint density at radius 2 is 1.88 bits per heavy atom. The molecule has 4 nitrogen and oxygen atoms in total. The number of aryl methyl sites for hydroxylation is 1. The van der Waals surface area contributed by atoms with Crippen molar-refractivity contribution >= 4 is 11.5 Å². The van der Waals surface area contributed by atoms with Gasteiger partial charge in [0.2, 0.25) is 5.78 Å². The van der Waals surface area contributed by atoms with Crippen LogP contribution in [0, 0.1) is 24.0 Å². The van der Waals surface area contributed by atoms with Gasteiger partial charge in [0.05, 0.1) is 22.7 Å². The van der Waals surface area contributed by atoms with Gasteiger partial charge in [-0.05, 0) is 31.9 Å². The van der Waals surface area contributed by atoms with Crippen molar-refractivity contribution in [2.45, 2.75) is 39.5 Å². The van der Waals surface area contributed by atoms with Crippen LogP contribution in [0.15, 0.2) is 30.6 Å². The second-order valence-electron chi connectivity index (χ2n) is 6.05. The molecule has 0 spiro atoms. The number of halogens is 2. The Labute approximate surface area is 145 Å². The Hall–Kier alpha value is -2.63. The molecule has 6 heteroatoms. The van der Waals surface area contributed by atoms with Crippen molar-refractivity contribution in [1.29, 1.82) is 5.41 Å². The Morgan fingerprint density at radius 3 is 2.56 bits per heavy atom. The molecule has 0 atom stereocenters. The highest BCUT2D eigenvalue weighted by Crippen LogP contribution is 2.32. The molecule has 3 aromatic rings. The molecule has 0 amide bonds. The van der Waals surface area contributed by atoms with Gasteiger partial charge in [-0.15, -0.1) is 0 Å². The molecule has 0 bridgehead atoms. The fraction of sp³-hybridized carbons (Fsp3) is 0.316. The first kappa shape index (κ1) is 17.2. The molecule has 0 radical (unpaired) electrons. The third-order valence-corrected chi connectivity index (χ3v) is 4.26. The van der Waals surface area contributed by atoms with Gasteiger partial charge in [0.15, 0.2) is 0 Å². The second-order valence-corrected chi connectivity index (χ2v) is 6.05. The van der Waals surface area contributed by atoms with Crippen LogP contribution < -0.4 is 0 Å². The Morgan fingerprint density at radius 1 is 1.16 bits per heavy atom. The molecule has 0 saturated heterocycles. The van der Waals surface area contributed by atoms with E-state index in [1.165, 1.54) is 18.2 Å². The largest absolute Gasteiger partial charge is 0.303 e. The smallest absolute Gasteiger partial charge is 0.234 e. The van der Waals surface area contributed by atoms with Crippen molar-refractivity contribution in [3.05, 3.63) is 53.6 Å².